The van der Waals surface area contributed by atoms with Crippen molar-refractivity contribution in [2.75, 3.05) is 13.1 Å². The molecule has 5 heteroatoms. The van der Waals surface area contributed by atoms with E-state index in [1.807, 2.05) is 6.20 Å². The van der Waals surface area contributed by atoms with E-state index in [4.69, 9.17) is 0 Å². The quantitative estimate of drug-likeness (QED) is 0.897. The number of hydrogen-bond acceptors (Lipinski definition) is 3. The predicted octanol–water partition coefficient (Wildman–Crippen LogP) is 3.21. The molecule has 0 fully saturated rings. The van der Waals surface area contributed by atoms with Gasteiger partial charge >= 0.3 is 0 Å². The van der Waals surface area contributed by atoms with Crippen molar-refractivity contribution in [3.63, 3.8) is 0 Å². The summed E-state index contributed by atoms with van der Waals surface area (Å²) < 4.78 is 2.12. The van der Waals surface area contributed by atoms with E-state index in [0.717, 1.165) is 32.0 Å². The fourth-order valence-corrected chi connectivity index (χ4v) is 3.83. The predicted molar refractivity (Wildman–Crippen MR) is 104 cm³/mol. The number of nitrogens with one attached hydrogen (secondary N) is 1. The smallest absolute Gasteiger partial charge is 0.271 e. The Morgan fingerprint density at radius 1 is 1.19 bits per heavy atom. The van der Waals surface area contributed by atoms with Crippen molar-refractivity contribution in [1.29, 1.82) is 0 Å². The third-order valence-electron chi connectivity index (χ3n) is 5.00. The zero-order valence-electron chi connectivity index (χ0n) is 16.6. The minimum atomic E-state index is -0.0957. The molecule has 0 bridgehead atoms. The highest BCUT2D eigenvalue weighted by atomic mass is 16.1. The molecule has 1 aromatic heterocycles. The summed E-state index contributed by atoms with van der Waals surface area (Å²) in [7, 11) is 0. The van der Waals surface area contributed by atoms with Crippen LogP contribution in [-0.4, -0.2) is 33.4 Å². The zero-order valence-corrected chi connectivity index (χ0v) is 16.6. The standard InChI is InChI=1S/C21H30N4O/c1-14(2)11-24-6-7-25-12-19(23-20(25)13-24)21(26)22-10-18-16(4)8-15(3)9-17(18)5/h8-9,12,14H,6-7,10-11,13H2,1-5H3,(H,22,26). The number of benzene rings is 1. The van der Waals surface area contributed by atoms with Crippen molar-refractivity contribution in [2.24, 2.45) is 5.92 Å². The monoisotopic (exact) mass is 354 g/mol. The molecule has 1 aliphatic heterocycles. The van der Waals surface area contributed by atoms with E-state index in [2.05, 4.69) is 66.5 Å². The van der Waals surface area contributed by atoms with Gasteiger partial charge in [-0.1, -0.05) is 31.5 Å². The summed E-state index contributed by atoms with van der Waals surface area (Å²) in [4.78, 5) is 19.6. The number of carbonyl (C=O) groups is 1. The number of hydrogen-bond donors (Lipinski definition) is 1. The summed E-state index contributed by atoms with van der Waals surface area (Å²) in [5, 5.41) is 3.04. The Bertz CT molecular complexity index is 783. The van der Waals surface area contributed by atoms with Gasteiger partial charge in [-0.15, -0.1) is 0 Å². The lowest BCUT2D eigenvalue weighted by Gasteiger charge is -2.28. The second-order valence-corrected chi connectivity index (χ2v) is 7.92. The molecule has 2 heterocycles. The molecule has 0 atom stereocenters. The Hall–Kier alpha value is -2.14. The first-order valence-corrected chi connectivity index (χ1v) is 9.47. The lowest BCUT2D eigenvalue weighted by atomic mass is 10.00. The molecule has 1 amide bonds. The molecule has 1 aromatic carbocycles. The molecule has 0 saturated carbocycles. The van der Waals surface area contributed by atoms with Gasteiger partial charge < -0.3 is 9.88 Å². The molecule has 1 N–H and O–H groups in total. The molecule has 2 aromatic rings. The van der Waals surface area contributed by atoms with Gasteiger partial charge in [-0.25, -0.2) is 4.98 Å². The molecule has 5 nitrogen and oxygen atoms in total. The summed E-state index contributed by atoms with van der Waals surface area (Å²) in [6.07, 6.45) is 1.90. The van der Waals surface area contributed by atoms with E-state index in [1.54, 1.807) is 0 Å². The normalized spacial score (nSPS) is 14.5. The number of fused-ring (bicyclic) bond motifs is 1. The first kappa shape index (κ1) is 18.6. The summed E-state index contributed by atoms with van der Waals surface area (Å²) in [5.74, 6) is 1.53. The minimum Gasteiger partial charge on any atom is -0.347 e. The average molecular weight is 354 g/mol. The van der Waals surface area contributed by atoms with E-state index in [9.17, 15) is 4.79 Å². The molecule has 26 heavy (non-hydrogen) atoms. The van der Waals surface area contributed by atoms with Crippen molar-refractivity contribution in [3.8, 4) is 0 Å². The minimum absolute atomic E-state index is 0.0957. The molecule has 0 saturated heterocycles. The van der Waals surface area contributed by atoms with E-state index in [1.165, 1.54) is 22.3 Å². The van der Waals surface area contributed by atoms with Crippen LogP contribution in [0.3, 0.4) is 0 Å². The van der Waals surface area contributed by atoms with Gasteiger partial charge in [0.15, 0.2) is 0 Å². The lowest BCUT2D eigenvalue weighted by Crippen LogP contribution is -2.35. The number of aromatic nitrogens is 2. The maximum atomic E-state index is 12.6. The Balaban J connectivity index is 1.66. The first-order chi connectivity index (χ1) is 12.3. The van der Waals surface area contributed by atoms with Crippen molar-refractivity contribution >= 4 is 5.91 Å². The summed E-state index contributed by atoms with van der Waals surface area (Å²) >= 11 is 0. The fourth-order valence-electron chi connectivity index (χ4n) is 3.83. The maximum absolute atomic E-state index is 12.6. The van der Waals surface area contributed by atoms with Crippen LogP contribution in [0.5, 0.6) is 0 Å². The summed E-state index contributed by atoms with van der Waals surface area (Å²) in [6, 6.07) is 4.32. The molecule has 0 aliphatic carbocycles. The van der Waals surface area contributed by atoms with Crippen molar-refractivity contribution in [3.05, 3.63) is 52.1 Å². The SMILES string of the molecule is Cc1cc(C)c(CNC(=O)c2cn3c(n2)CN(CC(C)C)CC3)c(C)c1. The molecule has 0 spiro atoms. The van der Waals surface area contributed by atoms with Crippen LogP contribution in [0, 0.1) is 26.7 Å². The van der Waals surface area contributed by atoms with Gasteiger partial charge in [0.05, 0.1) is 6.54 Å². The topological polar surface area (TPSA) is 50.2 Å². The third-order valence-corrected chi connectivity index (χ3v) is 5.00. The molecule has 0 radical (unpaired) electrons. The highest BCUT2D eigenvalue weighted by Crippen LogP contribution is 2.17. The Morgan fingerprint density at radius 2 is 1.88 bits per heavy atom. The van der Waals surface area contributed by atoms with Gasteiger partial charge in [-0.3, -0.25) is 9.69 Å². The van der Waals surface area contributed by atoms with Crippen molar-refractivity contribution < 1.29 is 4.79 Å². The summed E-state index contributed by atoms with van der Waals surface area (Å²) in [5.41, 5.74) is 5.40. The van der Waals surface area contributed by atoms with E-state index in [-0.39, 0.29) is 5.91 Å². The fraction of sp³-hybridized carbons (Fsp3) is 0.524. The lowest BCUT2D eigenvalue weighted by molar-refractivity contribution is 0.0946. The molecule has 140 valence electrons. The van der Waals surface area contributed by atoms with Crippen LogP contribution in [0.15, 0.2) is 18.3 Å². The van der Waals surface area contributed by atoms with Gasteiger partial charge in [0.25, 0.3) is 5.91 Å². The van der Waals surface area contributed by atoms with E-state index >= 15 is 0 Å². The van der Waals surface area contributed by atoms with Crippen LogP contribution >= 0.6 is 0 Å². The molecular weight excluding hydrogens is 324 g/mol. The number of rotatable bonds is 5. The number of carbonyl (C=O) groups excluding carboxylic acids is 1. The van der Waals surface area contributed by atoms with E-state index < -0.39 is 0 Å². The van der Waals surface area contributed by atoms with Gasteiger partial charge in [0, 0.05) is 32.4 Å². The molecule has 0 unspecified atom stereocenters. The summed E-state index contributed by atoms with van der Waals surface area (Å²) in [6.45, 7) is 15.1. The van der Waals surface area contributed by atoms with Crippen LogP contribution in [0.1, 0.15) is 52.4 Å². The first-order valence-electron chi connectivity index (χ1n) is 9.47. The second kappa shape index (κ2) is 7.62. The molecule has 1 aliphatic rings. The van der Waals surface area contributed by atoms with Gasteiger partial charge in [-0.2, -0.15) is 0 Å². The third kappa shape index (κ3) is 4.15. The van der Waals surface area contributed by atoms with Crippen molar-refractivity contribution in [2.45, 2.75) is 54.3 Å². The molecule has 3 rings (SSSR count). The number of amides is 1. The van der Waals surface area contributed by atoms with Gasteiger partial charge in [0.2, 0.25) is 0 Å². The largest absolute Gasteiger partial charge is 0.347 e. The Labute approximate surface area is 156 Å². The van der Waals surface area contributed by atoms with Crippen LogP contribution < -0.4 is 5.32 Å². The number of imidazole rings is 1. The van der Waals surface area contributed by atoms with Crippen LogP contribution in [0.2, 0.25) is 0 Å². The van der Waals surface area contributed by atoms with Crippen LogP contribution in [0.25, 0.3) is 0 Å². The zero-order chi connectivity index (χ0) is 18.8. The molecular formula is C21H30N4O. The Kier molecular flexibility index (Phi) is 5.47. The van der Waals surface area contributed by atoms with Crippen LogP contribution in [0.4, 0.5) is 0 Å². The number of nitrogens with zero attached hydrogens (tertiary/aromatic N) is 3. The highest BCUT2D eigenvalue weighted by Gasteiger charge is 2.21. The van der Waals surface area contributed by atoms with Crippen molar-refractivity contribution in [1.82, 2.24) is 19.8 Å². The van der Waals surface area contributed by atoms with Crippen LogP contribution in [-0.2, 0) is 19.6 Å². The highest BCUT2D eigenvalue weighted by molar-refractivity contribution is 5.92. The Morgan fingerprint density at radius 3 is 2.54 bits per heavy atom. The number of aryl methyl sites for hydroxylation is 3. The van der Waals surface area contributed by atoms with E-state index in [0.29, 0.717) is 18.2 Å². The van der Waals surface area contributed by atoms with Gasteiger partial charge in [-0.05, 0) is 43.4 Å². The van der Waals surface area contributed by atoms with Gasteiger partial charge in [0.1, 0.15) is 11.5 Å². The average Bonchev–Trinajstić information content (AvgIpc) is 2.96. The maximum Gasteiger partial charge on any atom is 0.271 e. The second-order valence-electron chi connectivity index (χ2n) is 7.92.